The number of pyridine rings is 1. The first kappa shape index (κ1) is 27.3. The average molecular weight is 615 g/mol. The van der Waals surface area contributed by atoms with Gasteiger partial charge in [-0.1, -0.05) is 30.2 Å². The molecule has 2 saturated heterocycles. The van der Waals surface area contributed by atoms with Crippen molar-refractivity contribution in [1.29, 1.82) is 0 Å². The minimum Gasteiger partial charge on any atom is -0.380 e. The molecule has 0 bridgehead atoms. The number of benzene rings is 1. The molecule has 10 heteroatoms. The maximum absolute atomic E-state index is 14.6. The number of amides is 2. The number of aromatic nitrogens is 3. The van der Waals surface area contributed by atoms with Crippen LogP contribution >= 0.6 is 11.6 Å². The molecule has 2 aromatic heterocycles. The first-order valence-corrected chi connectivity index (χ1v) is 17.0. The molecule has 44 heavy (non-hydrogen) atoms. The van der Waals surface area contributed by atoms with E-state index in [0.717, 1.165) is 72.3 Å². The standard InChI is InChI=1S/C34H39ClN6O3/c35-30-29-27(36-20-40(29)22-5-6-22)19-26(37-30)21-4-7-25-28(16-21)41(24-17-23(18-24)38-12-2-1-3-13-38)31(42)33(25)10-14-39(15-11-33)32(43)34(44)8-9-34/h4,7,16,19-20,22-24,44H,1-3,5-6,8-15,17-18H2/t23-,24+. The normalized spacial score (nSPS) is 27.5. The first-order valence-electron chi connectivity index (χ1n) is 16.6. The number of imidazole rings is 1. The highest BCUT2D eigenvalue weighted by Gasteiger charge is 2.57. The van der Waals surface area contributed by atoms with Crippen LogP contribution < -0.4 is 4.90 Å². The lowest BCUT2D eigenvalue weighted by Crippen LogP contribution is -2.58. The zero-order chi connectivity index (χ0) is 29.8. The predicted molar refractivity (Wildman–Crippen MR) is 168 cm³/mol. The number of likely N-dealkylation sites (tertiary alicyclic amines) is 2. The molecule has 3 aromatic rings. The summed E-state index contributed by atoms with van der Waals surface area (Å²) in [5.41, 5.74) is 3.65. The van der Waals surface area contributed by atoms with Gasteiger partial charge in [0.2, 0.25) is 5.91 Å². The molecule has 1 aromatic carbocycles. The summed E-state index contributed by atoms with van der Waals surface area (Å²) in [6, 6.07) is 9.53. The number of nitrogens with zero attached hydrogens (tertiary/aromatic N) is 6. The fraction of sp³-hybridized carbons (Fsp3) is 0.588. The van der Waals surface area contributed by atoms with E-state index in [0.29, 0.717) is 56.0 Å². The second kappa shape index (κ2) is 9.74. The molecule has 0 radical (unpaired) electrons. The van der Waals surface area contributed by atoms with Crippen LogP contribution in [0.1, 0.15) is 82.2 Å². The third-order valence-electron chi connectivity index (χ3n) is 11.5. The molecule has 6 aliphatic rings. The van der Waals surface area contributed by atoms with Crippen LogP contribution in [-0.4, -0.2) is 85.1 Å². The van der Waals surface area contributed by atoms with Gasteiger partial charge in [-0.05, 0) is 95.0 Å². The van der Waals surface area contributed by atoms with Crippen LogP contribution in [0.4, 0.5) is 5.69 Å². The molecule has 2 amide bonds. The Morgan fingerprint density at radius 3 is 2.39 bits per heavy atom. The molecule has 3 aliphatic carbocycles. The number of carbonyl (C=O) groups excluding carboxylic acids is 2. The van der Waals surface area contributed by atoms with Crippen molar-refractivity contribution in [3.05, 3.63) is 41.3 Å². The van der Waals surface area contributed by atoms with E-state index in [9.17, 15) is 14.7 Å². The Morgan fingerprint density at radius 2 is 1.68 bits per heavy atom. The molecule has 9 rings (SSSR count). The number of rotatable bonds is 5. The molecular weight excluding hydrogens is 576 g/mol. The number of anilines is 1. The van der Waals surface area contributed by atoms with E-state index in [-0.39, 0.29) is 17.9 Å². The summed E-state index contributed by atoms with van der Waals surface area (Å²) in [6.45, 7) is 3.30. The van der Waals surface area contributed by atoms with E-state index in [1.165, 1.54) is 19.3 Å². The monoisotopic (exact) mass is 614 g/mol. The molecular formula is C34H39ClN6O3. The van der Waals surface area contributed by atoms with Gasteiger partial charge in [0.1, 0.15) is 11.1 Å². The van der Waals surface area contributed by atoms with Gasteiger partial charge in [-0.2, -0.15) is 0 Å². The van der Waals surface area contributed by atoms with Crippen LogP contribution in [0.3, 0.4) is 0 Å². The summed E-state index contributed by atoms with van der Waals surface area (Å²) in [6.07, 6.45) is 12.2. The van der Waals surface area contributed by atoms with Crippen molar-refractivity contribution >= 4 is 40.1 Å². The molecule has 230 valence electrons. The molecule has 5 fully saturated rings. The molecule has 3 aliphatic heterocycles. The Labute approximate surface area is 262 Å². The van der Waals surface area contributed by atoms with E-state index in [1.54, 1.807) is 4.90 Å². The summed E-state index contributed by atoms with van der Waals surface area (Å²) >= 11 is 6.77. The Balaban J connectivity index is 1.06. The van der Waals surface area contributed by atoms with Crippen LogP contribution in [0.5, 0.6) is 0 Å². The van der Waals surface area contributed by atoms with E-state index in [1.807, 2.05) is 12.4 Å². The molecule has 0 atom stereocenters. The molecule has 1 spiro atoms. The van der Waals surface area contributed by atoms with Crippen molar-refractivity contribution in [2.75, 3.05) is 31.1 Å². The Hall–Kier alpha value is -3.01. The van der Waals surface area contributed by atoms with Gasteiger partial charge in [0, 0.05) is 42.5 Å². The Kier molecular flexibility index (Phi) is 6.05. The predicted octanol–water partition coefficient (Wildman–Crippen LogP) is 4.84. The van der Waals surface area contributed by atoms with Crippen molar-refractivity contribution in [2.45, 2.75) is 99.8 Å². The van der Waals surface area contributed by atoms with Crippen molar-refractivity contribution < 1.29 is 14.7 Å². The summed E-state index contributed by atoms with van der Waals surface area (Å²) in [7, 11) is 0. The lowest BCUT2D eigenvalue weighted by Gasteiger charge is -2.48. The fourth-order valence-electron chi connectivity index (χ4n) is 8.46. The van der Waals surface area contributed by atoms with Crippen molar-refractivity contribution in [3.63, 3.8) is 0 Å². The molecule has 0 unspecified atom stereocenters. The number of aliphatic hydroxyl groups is 1. The van der Waals surface area contributed by atoms with Crippen LogP contribution in [0, 0.1) is 0 Å². The number of fused-ring (bicyclic) bond motifs is 3. The topological polar surface area (TPSA) is 94.8 Å². The highest BCUT2D eigenvalue weighted by molar-refractivity contribution is 6.34. The lowest BCUT2D eigenvalue weighted by molar-refractivity contribution is -0.145. The second-order valence-corrected chi connectivity index (χ2v) is 14.6. The molecule has 1 N–H and O–H groups in total. The van der Waals surface area contributed by atoms with Gasteiger partial charge in [-0.25, -0.2) is 9.97 Å². The van der Waals surface area contributed by atoms with Crippen LogP contribution in [-0.2, 0) is 15.0 Å². The van der Waals surface area contributed by atoms with Crippen LogP contribution in [0.15, 0.2) is 30.6 Å². The first-order chi connectivity index (χ1) is 21.3. The fourth-order valence-corrected chi connectivity index (χ4v) is 8.74. The highest BCUT2D eigenvalue weighted by atomic mass is 35.5. The van der Waals surface area contributed by atoms with E-state index < -0.39 is 11.0 Å². The van der Waals surface area contributed by atoms with Gasteiger partial charge in [-0.3, -0.25) is 9.59 Å². The maximum Gasteiger partial charge on any atom is 0.254 e. The van der Waals surface area contributed by atoms with Crippen molar-refractivity contribution in [3.8, 4) is 11.3 Å². The van der Waals surface area contributed by atoms with E-state index in [2.05, 4.69) is 37.5 Å². The maximum atomic E-state index is 14.6. The summed E-state index contributed by atoms with van der Waals surface area (Å²) in [5, 5.41) is 10.9. The van der Waals surface area contributed by atoms with Gasteiger partial charge in [0.25, 0.3) is 5.91 Å². The smallest absolute Gasteiger partial charge is 0.254 e. The number of hydrogen-bond acceptors (Lipinski definition) is 6. The largest absolute Gasteiger partial charge is 0.380 e. The minimum absolute atomic E-state index is 0.169. The third kappa shape index (κ3) is 4.11. The Morgan fingerprint density at radius 1 is 0.932 bits per heavy atom. The summed E-state index contributed by atoms with van der Waals surface area (Å²) in [5.74, 6) is 0.00431. The van der Waals surface area contributed by atoms with Gasteiger partial charge in [-0.15, -0.1) is 0 Å². The number of hydrogen-bond donors (Lipinski definition) is 1. The lowest BCUT2D eigenvalue weighted by atomic mass is 9.73. The summed E-state index contributed by atoms with van der Waals surface area (Å²) < 4.78 is 2.15. The molecule has 3 saturated carbocycles. The van der Waals surface area contributed by atoms with Crippen molar-refractivity contribution in [2.24, 2.45) is 0 Å². The SMILES string of the molecule is O=C(N1CCC2(CC1)C(=O)N([C@H]1C[C@@H](N3CCCCC3)C1)c1cc(-c3cc4ncn(C5CC5)c4c(Cl)n3)ccc12)C1(O)CC1. The molecule has 5 heterocycles. The Bertz CT molecular complexity index is 1680. The van der Waals surface area contributed by atoms with Crippen LogP contribution in [0.2, 0.25) is 5.15 Å². The highest BCUT2D eigenvalue weighted by Crippen LogP contribution is 2.52. The minimum atomic E-state index is -1.18. The number of halogens is 1. The van der Waals surface area contributed by atoms with E-state index in [4.69, 9.17) is 16.6 Å². The van der Waals surface area contributed by atoms with Crippen LogP contribution in [0.25, 0.3) is 22.3 Å². The zero-order valence-electron chi connectivity index (χ0n) is 25.1. The van der Waals surface area contributed by atoms with Gasteiger partial charge in [0.05, 0.1) is 23.0 Å². The average Bonchev–Trinajstić information content (AvgIpc) is 3.95. The van der Waals surface area contributed by atoms with Gasteiger partial charge in [0.15, 0.2) is 5.15 Å². The summed E-state index contributed by atoms with van der Waals surface area (Å²) in [4.78, 5) is 43.5. The zero-order valence-corrected chi connectivity index (χ0v) is 25.8. The second-order valence-electron chi connectivity index (χ2n) is 14.2. The third-order valence-corrected chi connectivity index (χ3v) is 11.8. The van der Waals surface area contributed by atoms with Crippen molar-refractivity contribution in [1.82, 2.24) is 24.3 Å². The number of carbonyl (C=O) groups is 2. The van der Waals surface area contributed by atoms with Gasteiger partial charge >= 0.3 is 0 Å². The van der Waals surface area contributed by atoms with E-state index >= 15 is 0 Å². The quantitative estimate of drug-likeness (QED) is 0.414. The van der Waals surface area contributed by atoms with Gasteiger partial charge < -0.3 is 24.4 Å². The number of piperidine rings is 2. The molecule has 9 nitrogen and oxygen atoms in total.